The topological polar surface area (TPSA) is 0 Å². The fraction of sp³-hybridized carbons (Fsp3) is 1.00. The highest BCUT2D eigenvalue weighted by molar-refractivity contribution is 9.52. The third kappa shape index (κ3) is 38.9. The van der Waals surface area contributed by atoms with Crippen molar-refractivity contribution in [3.8, 4) is 0 Å². The largest absolute Gasteiger partial charge is 0.189 e. The Morgan fingerprint density at radius 3 is 0.833 bits per heavy atom. The van der Waals surface area contributed by atoms with Crippen LogP contribution in [0.4, 0.5) is 0 Å². The quantitative estimate of drug-likeness (QED) is 0.585. The zero-order valence-electron chi connectivity index (χ0n) is 2.01. The summed E-state index contributed by atoms with van der Waals surface area (Å²) in [5.41, 5.74) is 0. The van der Waals surface area contributed by atoms with Crippen LogP contribution in [0.2, 0.25) is 0 Å². The van der Waals surface area contributed by atoms with Crippen LogP contribution in [0.1, 0.15) is 7.43 Å². The van der Waals surface area contributed by atoms with Crippen LogP contribution in [0, 0.1) is 0 Å². The Morgan fingerprint density at radius 2 is 0.833 bits per heavy atom. The maximum Gasteiger partial charge on any atom is 0.189 e. The van der Waals surface area contributed by atoms with E-state index in [1.165, 1.54) is 0 Å². The molecule has 0 rings (SSSR count). The minimum Gasteiger partial charge on any atom is -0.0776 e. The van der Waals surface area contributed by atoms with Crippen molar-refractivity contribution < 1.29 is 0 Å². The van der Waals surface area contributed by atoms with Gasteiger partial charge in [0.15, 0.2) is 1.05 Å². The Labute approximate surface area is 71.6 Å². The highest BCUT2D eigenvalue weighted by Gasteiger charge is 2.08. The van der Waals surface area contributed by atoms with E-state index in [0.717, 1.165) is 0 Å². The Kier molecular flexibility index (Phi) is 6.97. The van der Waals surface area contributed by atoms with Gasteiger partial charge in [0.2, 0.25) is 0 Å². The van der Waals surface area contributed by atoms with Crippen LogP contribution in [0.3, 0.4) is 0 Å². The summed E-state index contributed by atoms with van der Waals surface area (Å²) in [6.45, 7) is 0. The Hall–Kier alpha value is 1.92. The standard InChI is InChI=1S/CBr4.CH4/c2-1(3,4)5;/h;1H4. The molecule has 0 unspecified atom stereocenters. The average molecular weight is 348 g/mol. The summed E-state index contributed by atoms with van der Waals surface area (Å²) in [4.78, 5) is 0. The van der Waals surface area contributed by atoms with Crippen molar-refractivity contribution in [3.05, 3.63) is 0 Å². The fourth-order valence-corrected chi connectivity index (χ4v) is 0. The molecular formula is C2H4Br4. The minimum absolute atomic E-state index is 0. The lowest BCUT2D eigenvalue weighted by Crippen LogP contribution is -1.75. The number of alkyl halides is 4. The van der Waals surface area contributed by atoms with Crippen LogP contribution in [0.15, 0.2) is 0 Å². The molecule has 0 heterocycles. The monoisotopic (exact) mass is 344 g/mol. The number of hydrogen-bond donors (Lipinski definition) is 0. The van der Waals surface area contributed by atoms with Gasteiger partial charge in [-0.25, -0.2) is 0 Å². The SMILES string of the molecule is BrC(Br)(Br)Br.C. The second-order valence-electron chi connectivity index (χ2n) is 0.429. The summed E-state index contributed by atoms with van der Waals surface area (Å²) in [5, 5.41) is 0. The van der Waals surface area contributed by atoms with E-state index in [2.05, 4.69) is 63.7 Å². The second kappa shape index (κ2) is 3.87. The summed E-state index contributed by atoms with van der Waals surface area (Å²) in [6, 6.07) is 0. The molecule has 0 aliphatic rings. The number of rotatable bonds is 0. The van der Waals surface area contributed by atoms with Crippen LogP contribution >= 0.6 is 63.7 Å². The Balaban J connectivity index is 0. The number of halogens is 4. The molecule has 0 aliphatic heterocycles. The van der Waals surface area contributed by atoms with Crippen molar-refractivity contribution >= 4 is 63.7 Å². The van der Waals surface area contributed by atoms with Crippen molar-refractivity contribution in [2.24, 2.45) is 0 Å². The first kappa shape index (κ1) is 10.8. The zero-order valence-corrected chi connectivity index (χ0v) is 8.36. The van der Waals surface area contributed by atoms with Crippen molar-refractivity contribution in [1.82, 2.24) is 0 Å². The summed E-state index contributed by atoms with van der Waals surface area (Å²) >= 11 is 12.5. The fourth-order valence-electron chi connectivity index (χ4n) is 0. The summed E-state index contributed by atoms with van der Waals surface area (Å²) < 4.78 is -0.250. The van der Waals surface area contributed by atoms with E-state index in [0.29, 0.717) is 0 Å². The minimum atomic E-state index is -0.250. The van der Waals surface area contributed by atoms with Crippen LogP contribution in [-0.4, -0.2) is 1.05 Å². The number of hydrogen-bond acceptors (Lipinski definition) is 0. The van der Waals surface area contributed by atoms with E-state index in [1.807, 2.05) is 0 Å². The lowest BCUT2D eigenvalue weighted by molar-refractivity contribution is 2.14. The van der Waals surface area contributed by atoms with E-state index in [4.69, 9.17) is 0 Å². The molecule has 40 valence electrons. The van der Waals surface area contributed by atoms with Crippen LogP contribution < -0.4 is 0 Å². The first-order chi connectivity index (χ1) is 2.00. The van der Waals surface area contributed by atoms with Gasteiger partial charge in [-0.05, 0) is 63.7 Å². The van der Waals surface area contributed by atoms with Gasteiger partial charge in [0.05, 0.1) is 0 Å². The third-order valence-corrected chi connectivity index (χ3v) is 0. The molecule has 0 saturated heterocycles. The van der Waals surface area contributed by atoms with E-state index >= 15 is 0 Å². The molecule has 0 aromatic heterocycles. The molecule has 0 amide bonds. The van der Waals surface area contributed by atoms with Crippen molar-refractivity contribution in [1.29, 1.82) is 0 Å². The predicted octanol–water partition coefficient (Wildman–Crippen LogP) is 3.81. The highest BCUT2D eigenvalue weighted by atomic mass is 80.0. The lowest BCUT2D eigenvalue weighted by Gasteiger charge is -1.93. The molecule has 0 radical (unpaired) electrons. The smallest absolute Gasteiger partial charge is 0.0776 e. The second-order valence-corrected chi connectivity index (χ2v) is 11.6. The first-order valence-corrected chi connectivity index (χ1v) is 3.93. The molecule has 6 heavy (non-hydrogen) atoms. The molecule has 0 aliphatic carbocycles. The van der Waals surface area contributed by atoms with Gasteiger partial charge in [-0.3, -0.25) is 0 Å². The molecule has 0 spiro atoms. The zero-order chi connectivity index (χ0) is 4.50. The van der Waals surface area contributed by atoms with E-state index in [1.54, 1.807) is 0 Å². The van der Waals surface area contributed by atoms with Gasteiger partial charge in [0.1, 0.15) is 0 Å². The molecule has 0 saturated carbocycles. The van der Waals surface area contributed by atoms with Gasteiger partial charge >= 0.3 is 0 Å². The van der Waals surface area contributed by atoms with Gasteiger partial charge in [0.25, 0.3) is 0 Å². The molecular weight excluding hydrogens is 344 g/mol. The molecule has 0 aromatic rings. The maximum absolute atomic E-state index is 3.12. The molecule has 0 aromatic carbocycles. The normalized spacial score (nSPS) is 10.0. The summed E-state index contributed by atoms with van der Waals surface area (Å²) in [6.07, 6.45) is 0. The van der Waals surface area contributed by atoms with Crippen molar-refractivity contribution in [3.63, 3.8) is 0 Å². The molecule has 0 N–H and O–H groups in total. The first-order valence-electron chi connectivity index (χ1n) is 0.756. The Bertz CT molecular complexity index is 21.0. The van der Waals surface area contributed by atoms with Gasteiger partial charge in [-0.2, -0.15) is 0 Å². The molecule has 0 atom stereocenters. The lowest BCUT2D eigenvalue weighted by atomic mass is 12.0. The molecule has 0 fully saturated rings. The van der Waals surface area contributed by atoms with Crippen LogP contribution in [-0.2, 0) is 0 Å². The molecule has 0 bridgehead atoms. The third-order valence-electron chi connectivity index (χ3n) is 0. The van der Waals surface area contributed by atoms with Gasteiger partial charge in [-0.15, -0.1) is 0 Å². The van der Waals surface area contributed by atoms with Crippen molar-refractivity contribution in [2.75, 3.05) is 0 Å². The highest BCUT2D eigenvalue weighted by Crippen LogP contribution is 2.39. The van der Waals surface area contributed by atoms with Crippen LogP contribution in [0.5, 0.6) is 0 Å². The summed E-state index contributed by atoms with van der Waals surface area (Å²) in [5.74, 6) is 0. The summed E-state index contributed by atoms with van der Waals surface area (Å²) in [7, 11) is 0. The van der Waals surface area contributed by atoms with E-state index in [-0.39, 0.29) is 8.48 Å². The van der Waals surface area contributed by atoms with E-state index < -0.39 is 0 Å². The average Bonchev–Trinajstić information content (AvgIpc) is 0.722. The van der Waals surface area contributed by atoms with Gasteiger partial charge in [0, 0.05) is 0 Å². The maximum atomic E-state index is 3.12. The van der Waals surface area contributed by atoms with Gasteiger partial charge < -0.3 is 0 Å². The van der Waals surface area contributed by atoms with Crippen molar-refractivity contribution in [2.45, 2.75) is 8.48 Å². The van der Waals surface area contributed by atoms with Gasteiger partial charge in [-0.1, -0.05) is 7.43 Å². The van der Waals surface area contributed by atoms with Crippen LogP contribution in [0.25, 0.3) is 0 Å². The predicted molar refractivity (Wildman–Crippen MR) is 45.2 cm³/mol. The van der Waals surface area contributed by atoms with E-state index in [9.17, 15) is 0 Å². The molecule has 4 heteroatoms. The molecule has 0 nitrogen and oxygen atoms in total. The Morgan fingerprint density at radius 1 is 0.833 bits per heavy atom.